The lowest BCUT2D eigenvalue weighted by atomic mass is 10.1. The Balaban J connectivity index is 2.18. The number of carbonyl (C=O) groups is 1. The van der Waals surface area contributed by atoms with Crippen LogP contribution in [0.4, 0.5) is 0 Å². The second-order valence-electron chi connectivity index (χ2n) is 4.49. The van der Waals surface area contributed by atoms with E-state index < -0.39 is 9.84 Å². The monoisotopic (exact) mass is 269 g/mol. The van der Waals surface area contributed by atoms with Gasteiger partial charge in [0.2, 0.25) is 0 Å². The van der Waals surface area contributed by atoms with E-state index in [1.165, 1.54) is 17.0 Å². The fourth-order valence-corrected chi connectivity index (χ4v) is 3.87. The number of hydrogen-bond donors (Lipinski definition) is 1. The summed E-state index contributed by atoms with van der Waals surface area (Å²) >= 11 is 0. The zero-order valence-corrected chi connectivity index (χ0v) is 10.9. The summed E-state index contributed by atoms with van der Waals surface area (Å²) in [6, 6.07) is 5.95. The molecule has 0 aromatic heterocycles. The molecule has 5 nitrogen and oxygen atoms in total. The third-order valence-corrected chi connectivity index (χ3v) is 4.96. The Bertz CT molecular complexity index is 567. The van der Waals surface area contributed by atoms with E-state index >= 15 is 0 Å². The minimum absolute atomic E-state index is 0.00281. The lowest BCUT2D eigenvalue weighted by Gasteiger charge is -2.23. The summed E-state index contributed by atoms with van der Waals surface area (Å²) in [5.74, 6) is -0.316. The van der Waals surface area contributed by atoms with Crippen molar-refractivity contribution >= 4 is 15.7 Å². The SMILES string of the molecule is CN(C(=O)c1ccccc1O)C1CCS(=O)(=O)C1. The number of benzene rings is 1. The van der Waals surface area contributed by atoms with Crippen LogP contribution in [-0.2, 0) is 9.84 Å². The van der Waals surface area contributed by atoms with Gasteiger partial charge in [0.25, 0.3) is 5.91 Å². The first kappa shape index (κ1) is 12.9. The quantitative estimate of drug-likeness (QED) is 0.855. The normalized spacial score (nSPS) is 21.7. The van der Waals surface area contributed by atoms with Gasteiger partial charge in [-0.2, -0.15) is 0 Å². The molecule has 1 fully saturated rings. The molecule has 1 aromatic carbocycles. The molecule has 1 amide bonds. The molecule has 1 aliphatic heterocycles. The van der Waals surface area contributed by atoms with Gasteiger partial charge in [0.05, 0.1) is 17.1 Å². The predicted molar refractivity (Wildman–Crippen MR) is 67.3 cm³/mol. The van der Waals surface area contributed by atoms with E-state index in [1.807, 2.05) is 0 Å². The molecule has 6 heteroatoms. The van der Waals surface area contributed by atoms with Gasteiger partial charge in [0, 0.05) is 13.1 Å². The number of para-hydroxylation sites is 1. The first-order valence-electron chi connectivity index (χ1n) is 5.66. The van der Waals surface area contributed by atoms with Crippen molar-refractivity contribution in [2.75, 3.05) is 18.6 Å². The summed E-state index contributed by atoms with van der Waals surface area (Å²) in [7, 11) is -1.45. The van der Waals surface area contributed by atoms with Crippen molar-refractivity contribution in [3.05, 3.63) is 29.8 Å². The van der Waals surface area contributed by atoms with Crippen molar-refractivity contribution in [1.82, 2.24) is 4.90 Å². The van der Waals surface area contributed by atoms with Crippen molar-refractivity contribution in [3.8, 4) is 5.75 Å². The maximum atomic E-state index is 12.1. The van der Waals surface area contributed by atoms with Crippen LogP contribution in [0.15, 0.2) is 24.3 Å². The van der Waals surface area contributed by atoms with Crippen molar-refractivity contribution in [3.63, 3.8) is 0 Å². The number of phenols is 1. The van der Waals surface area contributed by atoms with Crippen LogP contribution in [0, 0.1) is 0 Å². The zero-order valence-electron chi connectivity index (χ0n) is 10.0. The maximum Gasteiger partial charge on any atom is 0.257 e. The van der Waals surface area contributed by atoms with Crippen LogP contribution >= 0.6 is 0 Å². The fraction of sp³-hybridized carbons (Fsp3) is 0.417. The average Bonchev–Trinajstić information content (AvgIpc) is 2.68. The Morgan fingerprint density at radius 1 is 1.39 bits per heavy atom. The minimum atomic E-state index is -3.02. The molecule has 1 aromatic rings. The highest BCUT2D eigenvalue weighted by Crippen LogP contribution is 2.22. The van der Waals surface area contributed by atoms with Gasteiger partial charge in [0.1, 0.15) is 5.75 Å². The summed E-state index contributed by atoms with van der Waals surface area (Å²) in [6.45, 7) is 0. The lowest BCUT2D eigenvalue weighted by molar-refractivity contribution is 0.0744. The molecule has 1 saturated heterocycles. The summed E-state index contributed by atoms with van der Waals surface area (Å²) in [4.78, 5) is 13.5. The van der Waals surface area contributed by atoms with Crippen LogP contribution in [-0.4, -0.2) is 48.9 Å². The average molecular weight is 269 g/mol. The number of carbonyl (C=O) groups excluding carboxylic acids is 1. The van der Waals surface area contributed by atoms with Crippen molar-refractivity contribution in [2.24, 2.45) is 0 Å². The molecular weight excluding hydrogens is 254 g/mol. The molecule has 1 N–H and O–H groups in total. The second kappa shape index (κ2) is 4.61. The van der Waals surface area contributed by atoms with Crippen LogP contribution in [0.1, 0.15) is 16.8 Å². The number of rotatable bonds is 2. The molecule has 18 heavy (non-hydrogen) atoms. The van der Waals surface area contributed by atoms with Gasteiger partial charge in [-0.1, -0.05) is 12.1 Å². The highest BCUT2D eigenvalue weighted by atomic mass is 32.2. The van der Waals surface area contributed by atoms with E-state index in [4.69, 9.17) is 0 Å². The topological polar surface area (TPSA) is 74.7 Å². The van der Waals surface area contributed by atoms with Crippen molar-refractivity contribution < 1.29 is 18.3 Å². The first-order valence-corrected chi connectivity index (χ1v) is 7.48. The first-order chi connectivity index (χ1) is 8.41. The molecule has 2 rings (SSSR count). The van der Waals surface area contributed by atoms with Crippen molar-refractivity contribution in [2.45, 2.75) is 12.5 Å². The summed E-state index contributed by atoms with van der Waals surface area (Å²) in [5, 5.41) is 9.61. The molecule has 0 bridgehead atoms. The van der Waals surface area contributed by atoms with Crippen LogP contribution in [0.25, 0.3) is 0 Å². The third-order valence-electron chi connectivity index (χ3n) is 3.21. The van der Waals surface area contributed by atoms with Gasteiger partial charge in [-0.15, -0.1) is 0 Å². The van der Waals surface area contributed by atoms with Gasteiger partial charge in [-0.3, -0.25) is 4.79 Å². The highest BCUT2D eigenvalue weighted by Gasteiger charge is 2.33. The lowest BCUT2D eigenvalue weighted by Crippen LogP contribution is -2.37. The second-order valence-corrected chi connectivity index (χ2v) is 6.72. The maximum absolute atomic E-state index is 12.1. The molecule has 1 unspecified atom stereocenters. The van der Waals surface area contributed by atoms with E-state index in [-0.39, 0.29) is 34.8 Å². The largest absolute Gasteiger partial charge is 0.507 e. The summed E-state index contributed by atoms with van der Waals surface area (Å²) in [5.41, 5.74) is 0.198. The Morgan fingerprint density at radius 3 is 2.61 bits per heavy atom. The number of hydrogen-bond acceptors (Lipinski definition) is 4. The van der Waals surface area contributed by atoms with Crippen LogP contribution in [0.3, 0.4) is 0 Å². The highest BCUT2D eigenvalue weighted by molar-refractivity contribution is 7.91. The van der Waals surface area contributed by atoms with E-state index in [0.717, 1.165) is 0 Å². The Kier molecular flexibility index (Phi) is 3.30. The molecule has 0 aliphatic carbocycles. The fourth-order valence-electron chi connectivity index (χ4n) is 2.09. The molecular formula is C12H15NO4S. The number of aromatic hydroxyl groups is 1. The Labute approximate surface area is 106 Å². The number of phenolic OH excluding ortho intramolecular Hbond substituents is 1. The van der Waals surface area contributed by atoms with E-state index in [2.05, 4.69) is 0 Å². The molecule has 1 atom stereocenters. The van der Waals surface area contributed by atoms with Crippen LogP contribution in [0.5, 0.6) is 5.75 Å². The zero-order chi connectivity index (χ0) is 13.3. The summed E-state index contributed by atoms with van der Waals surface area (Å²) < 4.78 is 22.8. The molecule has 1 aliphatic rings. The Hall–Kier alpha value is -1.56. The smallest absolute Gasteiger partial charge is 0.257 e. The van der Waals surface area contributed by atoms with E-state index in [9.17, 15) is 18.3 Å². The standard InChI is InChI=1S/C12H15NO4S/c1-13(9-6-7-18(16,17)8-9)12(15)10-4-2-3-5-11(10)14/h2-5,9,14H,6-8H2,1H3. The number of amides is 1. The predicted octanol–water partition coefficient (Wildman–Crippen LogP) is 0.651. The molecule has 0 saturated carbocycles. The van der Waals surface area contributed by atoms with Crippen LogP contribution < -0.4 is 0 Å². The third kappa shape index (κ3) is 2.48. The van der Waals surface area contributed by atoms with Gasteiger partial charge in [-0.25, -0.2) is 8.42 Å². The number of nitrogens with zero attached hydrogens (tertiary/aromatic N) is 1. The molecule has 1 heterocycles. The van der Waals surface area contributed by atoms with E-state index in [0.29, 0.717) is 6.42 Å². The number of sulfone groups is 1. The summed E-state index contributed by atoms with van der Waals surface area (Å²) in [6.07, 6.45) is 0.457. The molecule has 0 radical (unpaired) electrons. The van der Waals surface area contributed by atoms with Crippen molar-refractivity contribution in [1.29, 1.82) is 0 Å². The molecule has 98 valence electrons. The van der Waals surface area contributed by atoms with Crippen LogP contribution in [0.2, 0.25) is 0 Å². The molecule has 0 spiro atoms. The van der Waals surface area contributed by atoms with Gasteiger partial charge in [0.15, 0.2) is 9.84 Å². The van der Waals surface area contributed by atoms with Gasteiger partial charge < -0.3 is 10.0 Å². The van der Waals surface area contributed by atoms with E-state index in [1.54, 1.807) is 19.2 Å². The van der Waals surface area contributed by atoms with Gasteiger partial charge >= 0.3 is 0 Å². The Morgan fingerprint density at radius 2 is 2.06 bits per heavy atom. The van der Waals surface area contributed by atoms with Gasteiger partial charge in [-0.05, 0) is 18.6 Å². The minimum Gasteiger partial charge on any atom is -0.507 e.